The predicted molar refractivity (Wildman–Crippen MR) is 64.8 cm³/mol. The minimum absolute atomic E-state index is 0.516. The van der Waals surface area contributed by atoms with Crippen molar-refractivity contribution < 1.29 is 4.74 Å². The van der Waals surface area contributed by atoms with Crippen LogP contribution in [0, 0.1) is 0 Å². The molecule has 84 valence electrons. The molecular formula is C12H18ClNO. The molecule has 1 N–H and O–H groups in total. The molecule has 2 nitrogen and oxygen atoms in total. The van der Waals surface area contributed by atoms with Gasteiger partial charge in [0.15, 0.2) is 0 Å². The highest BCUT2D eigenvalue weighted by molar-refractivity contribution is 6.31. The third-order valence-corrected chi connectivity index (χ3v) is 2.56. The average Bonchev–Trinajstić information content (AvgIpc) is 2.20. The molecule has 0 saturated heterocycles. The van der Waals surface area contributed by atoms with Gasteiger partial charge in [-0.2, -0.15) is 0 Å². The summed E-state index contributed by atoms with van der Waals surface area (Å²) >= 11 is 6.12. The Balaban J connectivity index is 2.54. The number of rotatable bonds is 5. The Morgan fingerprint density at radius 2 is 2.13 bits per heavy atom. The Morgan fingerprint density at radius 3 is 2.67 bits per heavy atom. The van der Waals surface area contributed by atoms with Crippen molar-refractivity contribution in [1.82, 2.24) is 5.32 Å². The Bertz CT molecular complexity index is 312. The molecule has 3 heteroatoms. The molecule has 1 aromatic carbocycles. The summed E-state index contributed by atoms with van der Waals surface area (Å²) in [5, 5.41) is 4.14. The van der Waals surface area contributed by atoms with Gasteiger partial charge in [-0.3, -0.25) is 0 Å². The molecule has 1 rings (SSSR count). The zero-order valence-corrected chi connectivity index (χ0v) is 10.3. The summed E-state index contributed by atoms with van der Waals surface area (Å²) in [6, 6.07) is 6.33. The fourth-order valence-electron chi connectivity index (χ4n) is 1.35. The number of halogens is 1. The first-order valence-corrected chi connectivity index (χ1v) is 5.57. The molecule has 0 bridgehead atoms. The zero-order valence-electron chi connectivity index (χ0n) is 9.51. The molecule has 0 atom stereocenters. The zero-order chi connectivity index (χ0) is 11.3. The highest BCUT2D eigenvalue weighted by Gasteiger charge is 2.02. The molecule has 0 heterocycles. The number of benzene rings is 1. The maximum absolute atomic E-state index is 6.12. The fraction of sp³-hybridized carbons (Fsp3) is 0.500. The highest BCUT2D eigenvalue weighted by Crippen LogP contribution is 2.22. The molecule has 0 aliphatic heterocycles. The van der Waals surface area contributed by atoms with Crippen LogP contribution in [-0.2, 0) is 6.42 Å². The minimum atomic E-state index is 0.516. The van der Waals surface area contributed by atoms with Crippen LogP contribution in [0.5, 0.6) is 5.75 Å². The van der Waals surface area contributed by atoms with Gasteiger partial charge in [-0.15, -0.1) is 0 Å². The van der Waals surface area contributed by atoms with Crippen LogP contribution in [0.3, 0.4) is 0 Å². The standard InChI is InChI=1S/C12H18ClNO/c1-9(2)14-7-6-10-4-5-11(15-3)8-12(10)13/h4-5,8-9,14H,6-7H2,1-3H3. The lowest BCUT2D eigenvalue weighted by Crippen LogP contribution is -2.25. The molecule has 0 amide bonds. The van der Waals surface area contributed by atoms with E-state index < -0.39 is 0 Å². The number of hydrogen-bond donors (Lipinski definition) is 1. The maximum atomic E-state index is 6.12. The molecule has 0 aromatic heterocycles. The molecule has 0 aliphatic carbocycles. The first kappa shape index (κ1) is 12.3. The lowest BCUT2D eigenvalue weighted by Gasteiger charge is -2.09. The molecule has 0 aliphatic rings. The van der Waals surface area contributed by atoms with Crippen LogP contribution in [0.4, 0.5) is 0 Å². The smallest absolute Gasteiger partial charge is 0.120 e. The average molecular weight is 228 g/mol. The van der Waals surface area contributed by atoms with E-state index in [9.17, 15) is 0 Å². The van der Waals surface area contributed by atoms with Crippen molar-refractivity contribution >= 4 is 11.6 Å². The van der Waals surface area contributed by atoms with Gasteiger partial charge in [0, 0.05) is 11.1 Å². The van der Waals surface area contributed by atoms with Crippen molar-refractivity contribution in [2.24, 2.45) is 0 Å². The summed E-state index contributed by atoms with van der Waals surface area (Å²) in [6.07, 6.45) is 0.945. The van der Waals surface area contributed by atoms with Gasteiger partial charge >= 0.3 is 0 Å². The molecular weight excluding hydrogens is 210 g/mol. The Kier molecular flexibility index (Phi) is 4.92. The Morgan fingerprint density at radius 1 is 1.40 bits per heavy atom. The normalized spacial score (nSPS) is 10.7. The second-order valence-electron chi connectivity index (χ2n) is 3.82. The van der Waals surface area contributed by atoms with E-state index in [4.69, 9.17) is 16.3 Å². The van der Waals surface area contributed by atoms with Gasteiger partial charge in [0.1, 0.15) is 5.75 Å². The van der Waals surface area contributed by atoms with Crippen molar-refractivity contribution in [3.8, 4) is 5.75 Å². The van der Waals surface area contributed by atoms with Crippen molar-refractivity contribution in [1.29, 1.82) is 0 Å². The van der Waals surface area contributed by atoms with E-state index in [-0.39, 0.29) is 0 Å². The topological polar surface area (TPSA) is 21.3 Å². The number of hydrogen-bond acceptors (Lipinski definition) is 2. The van der Waals surface area contributed by atoms with E-state index in [1.54, 1.807) is 7.11 Å². The highest BCUT2D eigenvalue weighted by atomic mass is 35.5. The van der Waals surface area contributed by atoms with Crippen molar-refractivity contribution in [3.05, 3.63) is 28.8 Å². The van der Waals surface area contributed by atoms with Crippen LogP contribution in [0.1, 0.15) is 19.4 Å². The first-order chi connectivity index (χ1) is 7.13. The summed E-state index contributed by atoms with van der Waals surface area (Å²) in [6.45, 7) is 5.22. The van der Waals surface area contributed by atoms with Crippen LogP contribution in [0.2, 0.25) is 5.02 Å². The van der Waals surface area contributed by atoms with Gasteiger partial charge in [-0.05, 0) is 30.7 Å². The third kappa shape index (κ3) is 4.10. The van der Waals surface area contributed by atoms with Crippen LogP contribution < -0.4 is 10.1 Å². The molecule has 0 spiro atoms. The molecule has 0 radical (unpaired) electrons. The van der Waals surface area contributed by atoms with Crippen molar-refractivity contribution in [2.75, 3.05) is 13.7 Å². The monoisotopic (exact) mass is 227 g/mol. The number of ether oxygens (including phenoxy) is 1. The largest absolute Gasteiger partial charge is 0.497 e. The number of nitrogens with one attached hydrogen (secondary N) is 1. The van der Waals surface area contributed by atoms with Crippen molar-refractivity contribution in [2.45, 2.75) is 26.3 Å². The lowest BCUT2D eigenvalue weighted by atomic mass is 10.1. The van der Waals surface area contributed by atoms with E-state index in [1.807, 2.05) is 18.2 Å². The summed E-state index contributed by atoms with van der Waals surface area (Å²) in [7, 11) is 1.64. The van der Waals surface area contributed by atoms with Gasteiger partial charge in [0.2, 0.25) is 0 Å². The quantitative estimate of drug-likeness (QED) is 0.835. The third-order valence-electron chi connectivity index (χ3n) is 2.21. The fourth-order valence-corrected chi connectivity index (χ4v) is 1.62. The summed E-state index contributed by atoms with van der Waals surface area (Å²) < 4.78 is 5.09. The molecule has 0 saturated carbocycles. The second-order valence-corrected chi connectivity index (χ2v) is 4.22. The minimum Gasteiger partial charge on any atom is -0.497 e. The van der Waals surface area contributed by atoms with Crippen LogP contribution in [-0.4, -0.2) is 19.7 Å². The van der Waals surface area contributed by atoms with Gasteiger partial charge in [-0.25, -0.2) is 0 Å². The second kappa shape index (κ2) is 5.99. The van der Waals surface area contributed by atoms with E-state index in [2.05, 4.69) is 19.2 Å². The SMILES string of the molecule is COc1ccc(CCNC(C)C)c(Cl)c1. The summed E-state index contributed by atoms with van der Waals surface area (Å²) in [5.41, 5.74) is 1.16. The first-order valence-electron chi connectivity index (χ1n) is 5.19. The molecule has 0 fully saturated rings. The lowest BCUT2D eigenvalue weighted by molar-refractivity contribution is 0.414. The maximum Gasteiger partial charge on any atom is 0.120 e. The summed E-state index contributed by atoms with van der Waals surface area (Å²) in [5.74, 6) is 0.806. The van der Waals surface area contributed by atoms with E-state index in [1.165, 1.54) is 0 Å². The van der Waals surface area contributed by atoms with Crippen LogP contribution in [0.15, 0.2) is 18.2 Å². The van der Waals surface area contributed by atoms with E-state index in [0.717, 1.165) is 29.3 Å². The molecule has 15 heavy (non-hydrogen) atoms. The van der Waals surface area contributed by atoms with E-state index >= 15 is 0 Å². The van der Waals surface area contributed by atoms with Gasteiger partial charge in [-0.1, -0.05) is 31.5 Å². The Hall–Kier alpha value is -0.730. The van der Waals surface area contributed by atoms with Crippen LogP contribution in [0.25, 0.3) is 0 Å². The van der Waals surface area contributed by atoms with Gasteiger partial charge in [0.05, 0.1) is 7.11 Å². The summed E-state index contributed by atoms with van der Waals surface area (Å²) in [4.78, 5) is 0. The van der Waals surface area contributed by atoms with Gasteiger partial charge in [0.25, 0.3) is 0 Å². The van der Waals surface area contributed by atoms with Crippen LogP contribution >= 0.6 is 11.6 Å². The van der Waals surface area contributed by atoms with Gasteiger partial charge < -0.3 is 10.1 Å². The molecule has 1 aromatic rings. The van der Waals surface area contributed by atoms with Crippen molar-refractivity contribution in [3.63, 3.8) is 0 Å². The van der Waals surface area contributed by atoms with E-state index in [0.29, 0.717) is 6.04 Å². The molecule has 0 unspecified atom stereocenters. The Labute approximate surface area is 96.6 Å². The number of methoxy groups -OCH3 is 1. The predicted octanol–water partition coefficient (Wildman–Crippen LogP) is 2.89.